The number of amides is 1. The van der Waals surface area contributed by atoms with Crippen molar-refractivity contribution in [3.8, 4) is 0 Å². The molecule has 5 N–H and O–H groups in total. The first-order chi connectivity index (χ1) is 19.1. The maximum absolute atomic E-state index is 11.8. The van der Waals surface area contributed by atoms with E-state index in [0.717, 1.165) is 43.9 Å². The summed E-state index contributed by atoms with van der Waals surface area (Å²) in [5.74, 6) is 0. The van der Waals surface area contributed by atoms with Gasteiger partial charge in [-0.15, -0.1) is 0 Å². The number of hydrogen-bond acceptors (Lipinski definition) is 9. The van der Waals surface area contributed by atoms with E-state index in [1.54, 1.807) is 36.4 Å². The van der Waals surface area contributed by atoms with Crippen LogP contribution in [0.2, 0.25) is 0 Å². The Bertz CT molecular complexity index is 1380. The van der Waals surface area contributed by atoms with Gasteiger partial charge in [0.1, 0.15) is 5.60 Å². The molecular formula is C27H42N6O6S2. The first-order valence-corrected chi connectivity index (χ1v) is 16.4. The summed E-state index contributed by atoms with van der Waals surface area (Å²) in [5.41, 5.74) is 7.27. The first-order valence-electron chi connectivity index (χ1n) is 13.5. The largest absolute Gasteiger partial charge is 0.444 e. The lowest BCUT2D eigenvalue weighted by molar-refractivity contribution is 0.0509. The lowest BCUT2D eigenvalue weighted by Gasteiger charge is -2.22. The number of carbonyl (C=O) groups is 1. The molecule has 2 saturated heterocycles. The number of sulfonamides is 2. The summed E-state index contributed by atoms with van der Waals surface area (Å²) >= 11 is 0. The minimum Gasteiger partial charge on any atom is -0.444 e. The fourth-order valence-corrected chi connectivity index (χ4v) is 5.98. The minimum atomic E-state index is -3.42. The molecule has 228 valence electrons. The van der Waals surface area contributed by atoms with Crippen molar-refractivity contribution in [2.75, 3.05) is 50.1 Å². The number of carbonyl (C=O) groups excluding carboxylic acids is 1. The highest BCUT2D eigenvalue weighted by Crippen LogP contribution is 2.23. The zero-order valence-electron chi connectivity index (χ0n) is 24.3. The number of hydrogen-bond donors (Lipinski definition) is 4. The molecule has 1 amide bonds. The van der Waals surface area contributed by atoms with Crippen molar-refractivity contribution in [3.05, 3.63) is 48.5 Å². The molecular weight excluding hydrogens is 568 g/mol. The van der Waals surface area contributed by atoms with Crippen molar-refractivity contribution in [1.82, 2.24) is 14.8 Å². The minimum absolute atomic E-state index is 0.0144. The molecule has 2 aromatic rings. The average molecular weight is 611 g/mol. The van der Waals surface area contributed by atoms with E-state index < -0.39 is 31.7 Å². The predicted molar refractivity (Wildman–Crippen MR) is 160 cm³/mol. The number of nitrogens with two attached hydrogens (primary N) is 1. The van der Waals surface area contributed by atoms with Gasteiger partial charge in [0, 0.05) is 43.6 Å². The van der Waals surface area contributed by atoms with Crippen molar-refractivity contribution in [1.29, 1.82) is 0 Å². The molecule has 2 aliphatic rings. The van der Waals surface area contributed by atoms with Crippen LogP contribution in [0.1, 0.15) is 33.6 Å². The van der Waals surface area contributed by atoms with Gasteiger partial charge < -0.3 is 25.6 Å². The highest BCUT2D eigenvalue weighted by molar-refractivity contribution is 7.89. The molecule has 2 fully saturated rings. The standard InChI is InChI=1S/C16H25N3O4S.C11H17N3O2S/c1-16(2,3)23-15(20)18-12-9-10-19(11-12)13-5-7-14(8-6-13)24(21,22)17-4;1-13-17(15,16)11-4-2-10(3-5-11)14-7-6-9(12)8-14/h5-8,12,17H,9-11H2,1-4H3,(H,18,20);2-5,9,13H,6-8,12H2,1H3/t12-;9-/m00/s1. The molecule has 0 radical (unpaired) electrons. The van der Waals surface area contributed by atoms with Gasteiger partial charge in [-0.2, -0.15) is 0 Å². The highest BCUT2D eigenvalue weighted by Gasteiger charge is 2.26. The monoisotopic (exact) mass is 610 g/mol. The molecule has 12 nitrogen and oxygen atoms in total. The molecule has 0 spiro atoms. The van der Waals surface area contributed by atoms with Crippen LogP contribution in [0, 0.1) is 0 Å². The third-order valence-corrected chi connectivity index (χ3v) is 9.56. The van der Waals surface area contributed by atoms with Crippen LogP contribution in [0.25, 0.3) is 0 Å². The second kappa shape index (κ2) is 13.4. The topological polar surface area (TPSA) is 163 Å². The van der Waals surface area contributed by atoms with Crippen molar-refractivity contribution in [2.24, 2.45) is 5.73 Å². The van der Waals surface area contributed by atoms with Crippen LogP contribution in [0.3, 0.4) is 0 Å². The Labute approximate surface area is 243 Å². The smallest absolute Gasteiger partial charge is 0.407 e. The number of ether oxygens (including phenoxy) is 1. The summed E-state index contributed by atoms with van der Waals surface area (Å²) in [4.78, 5) is 16.6. The molecule has 2 heterocycles. The van der Waals surface area contributed by atoms with Crippen LogP contribution in [-0.4, -0.2) is 80.9 Å². The van der Waals surface area contributed by atoms with Crippen LogP contribution in [0.4, 0.5) is 16.2 Å². The van der Waals surface area contributed by atoms with Gasteiger partial charge in [-0.25, -0.2) is 31.1 Å². The molecule has 2 atom stereocenters. The molecule has 0 aliphatic carbocycles. The summed E-state index contributed by atoms with van der Waals surface area (Å²) in [6, 6.07) is 13.8. The van der Waals surface area contributed by atoms with Crippen molar-refractivity contribution in [3.63, 3.8) is 0 Å². The molecule has 0 unspecified atom stereocenters. The van der Waals surface area contributed by atoms with Gasteiger partial charge in [0.15, 0.2) is 0 Å². The number of anilines is 2. The van der Waals surface area contributed by atoms with E-state index in [1.165, 1.54) is 14.1 Å². The Morgan fingerprint density at radius 3 is 1.63 bits per heavy atom. The number of benzene rings is 2. The maximum Gasteiger partial charge on any atom is 0.407 e. The molecule has 0 bridgehead atoms. The molecule has 4 rings (SSSR count). The van der Waals surface area contributed by atoms with Gasteiger partial charge in [0.25, 0.3) is 0 Å². The number of nitrogens with one attached hydrogen (secondary N) is 3. The van der Waals surface area contributed by atoms with Crippen LogP contribution in [-0.2, 0) is 24.8 Å². The number of alkyl carbamates (subject to hydrolysis) is 1. The van der Waals surface area contributed by atoms with Crippen LogP contribution < -0.4 is 30.3 Å². The average Bonchev–Trinajstić information content (AvgIpc) is 3.57. The Kier molecular flexibility index (Phi) is 10.6. The van der Waals surface area contributed by atoms with E-state index in [4.69, 9.17) is 10.5 Å². The molecule has 2 aromatic carbocycles. The second-order valence-corrected chi connectivity index (χ2v) is 14.7. The lowest BCUT2D eigenvalue weighted by Crippen LogP contribution is -2.40. The van der Waals surface area contributed by atoms with Gasteiger partial charge in [0.05, 0.1) is 15.8 Å². The van der Waals surface area contributed by atoms with E-state index in [9.17, 15) is 21.6 Å². The molecule has 0 saturated carbocycles. The first kappa shape index (κ1) is 32.6. The highest BCUT2D eigenvalue weighted by atomic mass is 32.2. The summed E-state index contributed by atoms with van der Waals surface area (Å²) < 4.78 is 56.4. The Balaban J connectivity index is 0.000000239. The Morgan fingerprint density at radius 1 is 0.805 bits per heavy atom. The van der Waals surface area contributed by atoms with Gasteiger partial charge in [-0.3, -0.25) is 0 Å². The van der Waals surface area contributed by atoms with Gasteiger partial charge in [0.2, 0.25) is 20.0 Å². The van der Waals surface area contributed by atoms with E-state index in [2.05, 4.69) is 24.6 Å². The third kappa shape index (κ3) is 9.30. The fraction of sp³-hybridized carbons (Fsp3) is 0.519. The van der Waals surface area contributed by atoms with Gasteiger partial charge in [-0.05, 0) is 96.2 Å². The zero-order valence-corrected chi connectivity index (χ0v) is 25.9. The second-order valence-electron chi connectivity index (χ2n) is 11.0. The van der Waals surface area contributed by atoms with Crippen molar-refractivity contribution < 1.29 is 26.4 Å². The molecule has 2 aliphatic heterocycles. The van der Waals surface area contributed by atoms with E-state index in [1.807, 2.05) is 32.9 Å². The SMILES string of the molecule is CNS(=O)(=O)c1ccc(N2CC[C@H](N)C2)cc1.CNS(=O)(=O)c1ccc(N2CC[C@H](NC(=O)OC(C)(C)C)C2)cc1. The van der Waals surface area contributed by atoms with Crippen LogP contribution in [0.5, 0.6) is 0 Å². The molecule has 41 heavy (non-hydrogen) atoms. The van der Waals surface area contributed by atoms with E-state index in [0.29, 0.717) is 6.54 Å². The predicted octanol–water partition coefficient (Wildman–Crippen LogP) is 1.83. The number of nitrogens with zero attached hydrogens (tertiary/aromatic N) is 2. The van der Waals surface area contributed by atoms with E-state index >= 15 is 0 Å². The molecule has 14 heteroatoms. The van der Waals surface area contributed by atoms with Crippen molar-refractivity contribution >= 4 is 37.5 Å². The normalized spacial score (nSPS) is 19.5. The fourth-order valence-electron chi connectivity index (χ4n) is 4.52. The third-order valence-electron chi connectivity index (χ3n) is 6.70. The summed E-state index contributed by atoms with van der Waals surface area (Å²) in [5, 5.41) is 2.87. The zero-order chi connectivity index (χ0) is 30.4. The van der Waals surface area contributed by atoms with Crippen LogP contribution in [0.15, 0.2) is 58.3 Å². The quantitative estimate of drug-likeness (QED) is 0.366. The Morgan fingerprint density at radius 2 is 1.24 bits per heavy atom. The van der Waals surface area contributed by atoms with Gasteiger partial charge in [-0.1, -0.05) is 0 Å². The van der Waals surface area contributed by atoms with E-state index in [-0.39, 0.29) is 21.9 Å². The lowest BCUT2D eigenvalue weighted by atomic mass is 10.2. The van der Waals surface area contributed by atoms with Crippen molar-refractivity contribution in [2.45, 2.75) is 61.1 Å². The Hall–Kier alpha value is -2.91. The summed E-state index contributed by atoms with van der Waals surface area (Å²) in [6.45, 7) is 8.70. The van der Waals surface area contributed by atoms with Gasteiger partial charge >= 0.3 is 6.09 Å². The van der Waals surface area contributed by atoms with Crippen LogP contribution >= 0.6 is 0 Å². The molecule has 0 aromatic heterocycles. The number of rotatable bonds is 7. The maximum atomic E-state index is 11.8. The summed E-state index contributed by atoms with van der Waals surface area (Å²) in [7, 11) is -3.98. The summed E-state index contributed by atoms with van der Waals surface area (Å²) in [6.07, 6.45) is 1.39.